The fourth-order valence-corrected chi connectivity index (χ4v) is 2.41. The highest BCUT2D eigenvalue weighted by molar-refractivity contribution is 5.98. The molecule has 6 nitrogen and oxygen atoms in total. The summed E-state index contributed by atoms with van der Waals surface area (Å²) >= 11 is 0. The number of Topliss-reactive ketones (excluding diaryl/α,β-unsaturated/α-hetero) is 1. The molecule has 6 heteroatoms. The Morgan fingerprint density at radius 3 is 2.50 bits per heavy atom. The fourth-order valence-electron chi connectivity index (χ4n) is 2.41. The maximum Gasteiger partial charge on any atom is 0.309 e. The SMILES string of the molecule is Cc1ccc(OCCC(=O)OCC(=O)c2ccc3c(c2)OCCO3)cc1. The van der Waals surface area contributed by atoms with Gasteiger partial charge in [-0.1, -0.05) is 17.7 Å². The highest BCUT2D eigenvalue weighted by Crippen LogP contribution is 2.30. The Kier molecular flexibility index (Phi) is 5.73. The molecule has 0 aliphatic carbocycles. The number of rotatable bonds is 7. The van der Waals surface area contributed by atoms with Gasteiger partial charge in [0.2, 0.25) is 0 Å². The first kappa shape index (κ1) is 17.8. The van der Waals surface area contributed by atoms with Crippen LogP contribution < -0.4 is 14.2 Å². The van der Waals surface area contributed by atoms with Crippen molar-refractivity contribution in [2.75, 3.05) is 26.4 Å². The largest absolute Gasteiger partial charge is 0.493 e. The summed E-state index contributed by atoms with van der Waals surface area (Å²) in [5, 5.41) is 0. The first-order valence-corrected chi connectivity index (χ1v) is 8.40. The van der Waals surface area contributed by atoms with E-state index in [2.05, 4.69) is 0 Å². The van der Waals surface area contributed by atoms with Crippen molar-refractivity contribution in [3.05, 3.63) is 53.6 Å². The molecule has 0 N–H and O–H groups in total. The van der Waals surface area contributed by atoms with E-state index in [1.807, 2.05) is 31.2 Å². The molecule has 1 aliphatic heterocycles. The molecule has 1 heterocycles. The number of esters is 1. The van der Waals surface area contributed by atoms with Crippen molar-refractivity contribution in [1.82, 2.24) is 0 Å². The number of ketones is 1. The van der Waals surface area contributed by atoms with Crippen LogP contribution in [-0.4, -0.2) is 38.2 Å². The normalized spacial score (nSPS) is 12.3. The van der Waals surface area contributed by atoms with Gasteiger partial charge < -0.3 is 18.9 Å². The van der Waals surface area contributed by atoms with Gasteiger partial charge in [-0.15, -0.1) is 0 Å². The lowest BCUT2D eigenvalue weighted by atomic mass is 10.1. The van der Waals surface area contributed by atoms with Gasteiger partial charge in [0.15, 0.2) is 23.9 Å². The quantitative estimate of drug-likeness (QED) is 0.561. The highest BCUT2D eigenvalue weighted by Gasteiger charge is 2.16. The molecule has 1 aliphatic rings. The molecule has 0 amide bonds. The summed E-state index contributed by atoms with van der Waals surface area (Å²) in [5.41, 5.74) is 1.55. The van der Waals surface area contributed by atoms with Crippen LogP contribution in [-0.2, 0) is 9.53 Å². The van der Waals surface area contributed by atoms with E-state index in [1.165, 1.54) is 0 Å². The molecule has 0 fully saturated rings. The van der Waals surface area contributed by atoms with E-state index >= 15 is 0 Å². The van der Waals surface area contributed by atoms with Gasteiger partial charge in [-0.2, -0.15) is 0 Å². The van der Waals surface area contributed by atoms with E-state index in [0.717, 1.165) is 5.56 Å². The Morgan fingerprint density at radius 2 is 1.73 bits per heavy atom. The van der Waals surface area contributed by atoms with Gasteiger partial charge in [0.1, 0.15) is 19.0 Å². The van der Waals surface area contributed by atoms with Gasteiger partial charge in [0.25, 0.3) is 0 Å². The van der Waals surface area contributed by atoms with Gasteiger partial charge in [-0.3, -0.25) is 9.59 Å². The van der Waals surface area contributed by atoms with Crippen LogP contribution in [0.5, 0.6) is 17.2 Å². The smallest absolute Gasteiger partial charge is 0.309 e. The standard InChI is InChI=1S/C20H20O6/c1-14-2-5-16(6-3-14)23-9-8-20(22)26-13-17(21)15-4-7-18-19(12-15)25-11-10-24-18/h2-7,12H,8-11,13H2,1H3. The summed E-state index contributed by atoms with van der Waals surface area (Å²) < 4.78 is 21.3. The molecule has 2 aromatic carbocycles. The first-order valence-electron chi connectivity index (χ1n) is 8.40. The third kappa shape index (κ3) is 4.75. The topological polar surface area (TPSA) is 71.1 Å². The Labute approximate surface area is 151 Å². The third-order valence-corrected chi connectivity index (χ3v) is 3.82. The minimum atomic E-state index is -0.483. The first-order chi connectivity index (χ1) is 12.6. The molecule has 0 atom stereocenters. The number of carbonyl (C=O) groups excluding carboxylic acids is 2. The van der Waals surface area contributed by atoms with E-state index in [9.17, 15) is 9.59 Å². The number of hydrogen-bond acceptors (Lipinski definition) is 6. The average molecular weight is 356 g/mol. The second-order valence-corrected chi connectivity index (χ2v) is 5.85. The third-order valence-electron chi connectivity index (χ3n) is 3.82. The molecular formula is C20H20O6. The molecule has 0 saturated heterocycles. The maximum atomic E-state index is 12.2. The zero-order valence-corrected chi connectivity index (χ0v) is 14.5. The molecule has 0 saturated carbocycles. The Hall–Kier alpha value is -3.02. The number of ether oxygens (including phenoxy) is 4. The number of aryl methyl sites for hydroxylation is 1. The summed E-state index contributed by atoms with van der Waals surface area (Å²) in [7, 11) is 0. The van der Waals surface area contributed by atoms with E-state index < -0.39 is 5.97 Å². The zero-order valence-electron chi connectivity index (χ0n) is 14.5. The fraction of sp³-hybridized carbons (Fsp3) is 0.300. The monoisotopic (exact) mass is 356 g/mol. The molecule has 0 aromatic heterocycles. The van der Waals surface area contributed by atoms with Gasteiger partial charge in [0, 0.05) is 5.56 Å². The molecule has 3 rings (SSSR count). The Morgan fingerprint density at radius 1 is 1.00 bits per heavy atom. The maximum absolute atomic E-state index is 12.2. The van der Waals surface area contributed by atoms with Crippen LogP contribution in [0.25, 0.3) is 0 Å². The second kappa shape index (κ2) is 8.38. The van der Waals surface area contributed by atoms with E-state index in [0.29, 0.717) is 36.0 Å². The highest BCUT2D eigenvalue weighted by atomic mass is 16.6. The Bertz CT molecular complexity index is 781. The summed E-state index contributed by atoms with van der Waals surface area (Å²) in [6.45, 7) is 2.80. The minimum absolute atomic E-state index is 0.0717. The van der Waals surface area contributed by atoms with Crippen LogP contribution >= 0.6 is 0 Å². The Balaban J connectivity index is 1.42. The molecule has 136 valence electrons. The lowest BCUT2D eigenvalue weighted by Gasteiger charge is -2.18. The zero-order chi connectivity index (χ0) is 18.4. The number of hydrogen-bond donors (Lipinski definition) is 0. The van der Waals surface area contributed by atoms with Crippen LogP contribution in [0, 0.1) is 6.92 Å². The van der Waals surface area contributed by atoms with E-state index in [4.69, 9.17) is 18.9 Å². The summed E-state index contributed by atoms with van der Waals surface area (Å²) in [5.74, 6) is 1.05. The second-order valence-electron chi connectivity index (χ2n) is 5.85. The van der Waals surface area contributed by atoms with Crippen LogP contribution in [0.3, 0.4) is 0 Å². The van der Waals surface area contributed by atoms with Crippen LogP contribution in [0.2, 0.25) is 0 Å². The summed E-state index contributed by atoms with van der Waals surface area (Å²) in [6.07, 6.45) is 0.0717. The van der Waals surface area contributed by atoms with Crippen molar-refractivity contribution in [2.45, 2.75) is 13.3 Å². The van der Waals surface area contributed by atoms with Crippen molar-refractivity contribution in [3.63, 3.8) is 0 Å². The van der Waals surface area contributed by atoms with Gasteiger partial charge in [-0.05, 0) is 37.3 Å². The van der Waals surface area contributed by atoms with E-state index in [1.54, 1.807) is 18.2 Å². The predicted octanol–water partition coefficient (Wildman–Crippen LogP) is 2.96. The van der Waals surface area contributed by atoms with Gasteiger partial charge in [0.05, 0.1) is 13.0 Å². The molecule has 0 bridgehead atoms. The van der Waals surface area contributed by atoms with Crippen molar-refractivity contribution in [2.24, 2.45) is 0 Å². The van der Waals surface area contributed by atoms with Crippen molar-refractivity contribution in [3.8, 4) is 17.2 Å². The number of fused-ring (bicyclic) bond motifs is 1. The van der Waals surface area contributed by atoms with Crippen molar-refractivity contribution in [1.29, 1.82) is 0 Å². The molecule has 2 aromatic rings. The predicted molar refractivity (Wildman–Crippen MR) is 94.0 cm³/mol. The molecule has 0 unspecified atom stereocenters. The van der Waals surface area contributed by atoms with Crippen LogP contribution in [0.1, 0.15) is 22.3 Å². The molecule has 0 spiro atoms. The van der Waals surface area contributed by atoms with Gasteiger partial charge >= 0.3 is 5.97 Å². The number of carbonyl (C=O) groups is 2. The lowest BCUT2D eigenvalue weighted by Crippen LogP contribution is -2.18. The van der Waals surface area contributed by atoms with E-state index in [-0.39, 0.29) is 25.4 Å². The molecule has 0 radical (unpaired) electrons. The molecular weight excluding hydrogens is 336 g/mol. The average Bonchev–Trinajstić information content (AvgIpc) is 2.67. The van der Waals surface area contributed by atoms with Crippen molar-refractivity contribution < 1.29 is 28.5 Å². The number of benzene rings is 2. The summed E-state index contributed by atoms with van der Waals surface area (Å²) in [6, 6.07) is 12.5. The molecule has 26 heavy (non-hydrogen) atoms. The van der Waals surface area contributed by atoms with Crippen molar-refractivity contribution >= 4 is 11.8 Å². The lowest BCUT2D eigenvalue weighted by molar-refractivity contribution is -0.143. The summed E-state index contributed by atoms with van der Waals surface area (Å²) in [4.78, 5) is 23.9. The van der Waals surface area contributed by atoms with Crippen LogP contribution in [0.15, 0.2) is 42.5 Å². The van der Waals surface area contributed by atoms with Gasteiger partial charge in [-0.25, -0.2) is 0 Å². The van der Waals surface area contributed by atoms with Crippen LogP contribution in [0.4, 0.5) is 0 Å². The minimum Gasteiger partial charge on any atom is -0.493 e.